The van der Waals surface area contributed by atoms with Crippen LogP contribution in [-0.2, 0) is 0 Å². The fraction of sp³-hybridized carbons (Fsp3) is 0. The lowest BCUT2D eigenvalue weighted by Crippen LogP contribution is -2.13. The summed E-state index contributed by atoms with van der Waals surface area (Å²) in [6, 6.07) is 7.38. The van der Waals surface area contributed by atoms with E-state index >= 15 is 0 Å². The summed E-state index contributed by atoms with van der Waals surface area (Å²) in [5.41, 5.74) is -0.277. The molecule has 0 heterocycles. The predicted octanol–water partition coefficient (Wildman–Crippen LogP) is 2.70. The Hall–Kier alpha value is -2.73. The van der Waals surface area contributed by atoms with Gasteiger partial charge < -0.3 is 20.6 Å². The molecule has 0 atom stereocenters. The second-order valence-electron chi connectivity index (χ2n) is 4.15. The first-order valence-electron chi connectivity index (χ1n) is 5.74. The third kappa shape index (κ3) is 3.24. The zero-order valence-corrected chi connectivity index (χ0v) is 11.3. The summed E-state index contributed by atoms with van der Waals surface area (Å²) in [5.74, 6) is -2.51. The standard InChI is InChI=1S/C14H10ClNO5/c15-8-2-4-11(17)9(6-8)13(19)16-10-5-7(14(20)21)1-3-12(10)18/h1-6,17-18H,(H,16,19)(H,20,21). The van der Waals surface area contributed by atoms with Crippen LogP contribution in [0.3, 0.4) is 0 Å². The molecule has 0 saturated carbocycles. The summed E-state index contributed by atoms with van der Waals surface area (Å²) in [7, 11) is 0. The molecule has 0 fully saturated rings. The van der Waals surface area contributed by atoms with Crippen LogP contribution in [0.5, 0.6) is 11.5 Å². The first-order chi connectivity index (χ1) is 9.88. The smallest absolute Gasteiger partial charge is 0.335 e. The average Bonchev–Trinajstić information content (AvgIpc) is 2.43. The minimum Gasteiger partial charge on any atom is -0.507 e. The predicted molar refractivity (Wildman–Crippen MR) is 76.1 cm³/mol. The third-order valence-corrected chi connectivity index (χ3v) is 2.93. The van der Waals surface area contributed by atoms with Gasteiger partial charge in [0.15, 0.2) is 0 Å². The molecule has 1 amide bonds. The van der Waals surface area contributed by atoms with Crippen LogP contribution >= 0.6 is 11.6 Å². The first-order valence-corrected chi connectivity index (χ1v) is 6.12. The number of aromatic carboxylic acids is 1. The molecule has 0 saturated heterocycles. The van der Waals surface area contributed by atoms with Crippen molar-refractivity contribution in [3.63, 3.8) is 0 Å². The number of phenolic OH excluding ortho intramolecular Hbond substituents is 2. The van der Waals surface area contributed by atoms with Crippen LogP contribution in [0, 0.1) is 0 Å². The number of benzene rings is 2. The maximum Gasteiger partial charge on any atom is 0.335 e. The maximum absolute atomic E-state index is 12.0. The summed E-state index contributed by atoms with van der Waals surface area (Å²) >= 11 is 5.74. The van der Waals surface area contributed by atoms with Crippen LogP contribution in [0.25, 0.3) is 0 Å². The van der Waals surface area contributed by atoms with Crippen molar-refractivity contribution < 1.29 is 24.9 Å². The Morgan fingerprint density at radius 2 is 1.67 bits per heavy atom. The zero-order valence-electron chi connectivity index (χ0n) is 10.5. The van der Waals surface area contributed by atoms with Crippen molar-refractivity contribution in [2.24, 2.45) is 0 Å². The normalized spacial score (nSPS) is 10.1. The highest BCUT2D eigenvalue weighted by Crippen LogP contribution is 2.27. The molecule has 0 unspecified atom stereocenters. The van der Waals surface area contributed by atoms with Gasteiger partial charge in [-0.1, -0.05) is 11.6 Å². The minimum atomic E-state index is -1.20. The second-order valence-corrected chi connectivity index (χ2v) is 4.59. The molecule has 21 heavy (non-hydrogen) atoms. The number of carboxylic acid groups (broad SMARTS) is 1. The molecule has 2 rings (SSSR count). The van der Waals surface area contributed by atoms with Gasteiger partial charge in [0.2, 0.25) is 0 Å². The van der Waals surface area contributed by atoms with E-state index in [1.807, 2.05) is 0 Å². The highest BCUT2D eigenvalue weighted by atomic mass is 35.5. The molecular formula is C14H10ClNO5. The topological polar surface area (TPSA) is 107 Å². The molecule has 0 aromatic heterocycles. The van der Waals surface area contributed by atoms with Crippen molar-refractivity contribution in [1.29, 1.82) is 0 Å². The lowest BCUT2D eigenvalue weighted by atomic mass is 10.1. The molecule has 0 bridgehead atoms. The summed E-state index contributed by atoms with van der Waals surface area (Å²) < 4.78 is 0. The molecule has 0 aliphatic rings. The van der Waals surface area contributed by atoms with Gasteiger partial charge >= 0.3 is 5.97 Å². The van der Waals surface area contributed by atoms with E-state index in [4.69, 9.17) is 16.7 Å². The van der Waals surface area contributed by atoms with Crippen molar-refractivity contribution in [3.8, 4) is 11.5 Å². The largest absolute Gasteiger partial charge is 0.507 e. The van der Waals surface area contributed by atoms with Crippen molar-refractivity contribution in [3.05, 3.63) is 52.5 Å². The fourth-order valence-electron chi connectivity index (χ4n) is 1.65. The monoisotopic (exact) mass is 307 g/mol. The number of phenols is 2. The van der Waals surface area contributed by atoms with E-state index in [9.17, 15) is 19.8 Å². The molecule has 0 radical (unpaired) electrons. The van der Waals surface area contributed by atoms with E-state index in [1.165, 1.54) is 24.3 Å². The number of hydrogen-bond donors (Lipinski definition) is 4. The maximum atomic E-state index is 12.0. The molecule has 108 valence electrons. The Morgan fingerprint density at radius 1 is 1.00 bits per heavy atom. The number of aromatic hydroxyl groups is 2. The quantitative estimate of drug-likeness (QED) is 0.652. The average molecular weight is 308 g/mol. The van der Waals surface area contributed by atoms with Gasteiger partial charge in [-0.15, -0.1) is 0 Å². The van der Waals surface area contributed by atoms with E-state index in [-0.39, 0.29) is 33.3 Å². The lowest BCUT2D eigenvalue weighted by Gasteiger charge is -2.09. The van der Waals surface area contributed by atoms with E-state index in [0.717, 1.165) is 12.1 Å². The summed E-state index contributed by atoms with van der Waals surface area (Å²) in [5, 5.41) is 30.7. The second kappa shape index (κ2) is 5.72. The van der Waals surface area contributed by atoms with Crippen molar-refractivity contribution in [2.75, 3.05) is 5.32 Å². The van der Waals surface area contributed by atoms with Gasteiger partial charge in [0.25, 0.3) is 5.91 Å². The molecule has 7 heteroatoms. The molecule has 4 N–H and O–H groups in total. The lowest BCUT2D eigenvalue weighted by molar-refractivity contribution is 0.0696. The highest BCUT2D eigenvalue weighted by molar-refractivity contribution is 6.31. The molecule has 2 aromatic carbocycles. The van der Waals surface area contributed by atoms with Crippen molar-refractivity contribution >= 4 is 29.2 Å². The number of amides is 1. The number of rotatable bonds is 3. The fourth-order valence-corrected chi connectivity index (χ4v) is 1.82. The van der Waals surface area contributed by atoms with Crippen LogP contribution in [0.1, 0.15) is 20.7 Å². The Morgan fingerprint density at radius 3 is 2.33 bits per heavy atom. The van der Waals surface area contributed by atoms with Crippen LogP contribution < -0.4 is 5.32 Å². The van der Waals surface area contributed by atoms with Crippen molar-refractivity contribution in [1.82, 2.24) is 0 Å². The van der Waals surface area contributed by atoms with Gasteiger partial charge in [-0.3, -0.25) is 4.79 Å². The number of carbonyl (C=O) groups excluding carboxylic acids is 1. The van der Waals surface area contributed by atoms with Gasteiger partial charge in [0.1, 0.15) is 11.5 Å². The van der Waals surface area contributed by atoms with E-state index in [2.05, 4.69) is 5.32 Å². The number of hydrogen-bond acceptors (Lipinski definition) is 4. The van der Waals surface area contributed by atoms with E-state index < -0.39 is 11.9 Å². The van der Waals surface area contributed by atoms with Crippen LogP contribution in [-0.4, -0.2) is 27.2 Å². The molecule has 0 spiro atoms. The Kier molecular flexibility index (Phi) is 4.00. The summed E-state index contributed by atoms with van der Waals surface area (Å²) in [4.78, 5) is 22.9. The summed E-state index contributed by atoms with van der Waals surface area (Å²) in [6.45, 7) is 0. The van der Waals surface area contributed by atoms with E-state index in [0.29, 0.717) is 0 Å². The number of anilines is 1. The van der Waals surface area contributed by atoms with Crippen molar-refractivity contribution in [2.45, 2.75) is 0 Å². The van der Waals surface area contributed by atoms with Crippen LogP contribution in [0.15, 0.2) is 36.4 Å². The van der Waals surface area contributed by atoms with Gasteiger partial charge in [-0.2, -0.15) is 0 Å². The van der Waals surface area contributed by atoms with E-state index in [1.54, 1.807) is 0 Å². The molecular weight excluding hydrogens is 298 g/mol. The van der Waals surface area contributed by atoms with Gasteiger partial charge in [0, 0.05) is 5.02 Å². The number of carboxylic acids is 1. The zero-order chi connectivity index (χ0) is 15.6. The molecule has 6 nitrogen and oxygen atoms in total. The third-order valence-electron chi connectivity index (χ3n) is 2.69. The number of halogens is 1. The Labute approximate surface area is 124 Å². The number of nitrogens with one attached hydrogen (secondary N) is 1. The molecule has 2 aromatic rings. The Balaban J connectivity index is 2.33. The molecule has 0 aliphatic heterocycles. The van der Waals surface area contributed by atoms with Crippen LogP contribution in [0.2, 0.25) is 5.02 Å². The number of carbonyl (C=O) groups is 2. The van der Waals surface area contributed by atoms with Gasteiger partial charge in [-0.05, 0) is 36.4 Å². The SMILES string of the molecule is O=C(O)c1ccc(O)c(NC(=O)c2cc(Cl)ccc2O)c1. The van der Waals surface area contributed by atoms with Gasteiger partial charge in [-0.25, -0.2) is 4.79 Å². The Bertz CT molecular complexity index is 729. The summed E-state index contributed by atoms with van der Waals surface area (Å²) in [6.07, 6.45) is 0. The first kappa shape index (κ1) is 14.7. The highest BCUT2D eigenvalue weighted by Gasteiger charge is 2.15. The molecule has 0 aliphatic carbocycles. The van der Waals surface area contributed by atoms with Gasteiger partial charge in [0.05, 0.1) is 16.8 Å². The van der Waals surface area contributed by atoms with Crippen LogP contribution in [0.4, 0.5) is 5.69 Å². The minimum absolute atomic E-state index is 0.0840.